The maximum absolute atomic E-state index is 11.0. The summed E-state index contributed by atoms with van der Waals surface area (Å²) in [7, 11) is 0. The van der Waals surface area contributed by atoms with Gasteiger partial charge in [0.25, 0.3) is 0 Å². The monoisotopic (exact) mass is 218 g/mol. The quantitative estimate of drug-likeness (QED) is 0.797. The van der Waals surface area contributed by atoms with E-state index >= 15 is 0 Å². The molecule has 2 rings (SSSR count). The molecule has 0 spiro atoms. The summed E-state index contributed by atoms with van der Waals surface area (Å²) in [6.07, 6.45) is 0. The number of hydrogen-bond acceptors (Lipinski definition) is 2. The minimum Gasteiger partial charge on any atom is -0.478 e. The van der Waals surface area contributed by atoms with Crippen LogP contribution in [-0.2, 0) is 5.41 Å². The van der Waals surface area contributed by atoms with Crippen LogP contribution in [0, 0.1) is 0 Å². The Labute approximate surface area is 93.7 Å². The van der Waals surface area contributed by atoms with Crippen LogP contribution in [0.5, 0.6) is 0 Å². The van der Waals surface area contributed by atoms with Crippen molar-refractivity contribution in [1.29, 1.82) is 0 Å². The van der Waals surface area contributed by atoms with Crippen LogP contribution in [0.1, 0.15) is 36.9 Å². The van der Waals surface area contributed by atoms with E-state index in [0.717, 1.165) is 5.76 Å². The minimum atomic E-state index is -0.924. The van der Waals surface area contributed by atoms with Gasteiger partial charge in [0.05, 0.1) is 5.56 Å². The van der Waals surface area contributed by atoms with Crippen LogP contribution in [0.4, 0.5) is 0 Å². The van der Waals surface area contributed by atoms with E-state index in [2.05, 4.69) is 0 Å². The predicted molar refractivity (Wildman–Crippen MR) is 61.9 cm³/mol. The summed E-state index contributed by atoms with van der Waals surface area (Å²) in [4.78, 5) is 11.0. The van der Waals surface area contributed by atoms with E-state index in [0.29, 0.717) is 11.0 Å². The van der Waals surface area contributed by atoms with Gasteiger partial charge in [-0.25, -0.2) is 4.79 Å². The van der Waals surface area contributed by atoms with Crippen LogP contribution in [0.2, 0.25) is 0 Å². The van der Waals surface area contributed by atoms with Gasteiger partial charge in [-0.2, -0.15) is 0 Å². The molecule has 0 atom stereocenters. The first-order chi connectivity index (χ1) is 7.39. The number of carboxylic acids is 1. The lowest BCUT2D eigenvalue weighted by atomic mass is 9.93. The van der Waals surface area contributed by atoms with Crippen LogP contribution < -0.4 is 0 Å². The molecule has 0 aliphatic carbocycles. The Bertz CT molecular complexity index is 544. The second kappa shape index (κ2) is 3.37. The van der Waals surface area contributed by atoms with Gasteiger partial charge in [0, 0.05) is 10.8 Å². The number of fused-ring (bicyclic) bond motifs is 1. The summed E-state index contributed by atoms with van der Waals surface area (Å²) < 4.78 is 5.66. The highest BCUT2D eigenvalue weighted by Gasteiger charge is 2.20. The molecule has 0 saturated carbocycles. The second-order valence-electron chi connectivity index (χ2n) is 4.88. The van der Waals surface area contributed by atoms with Gasteiger partial charge in [0.1, 0.15) is 11.3 Å². The van der Waals surface area contributed by atoms with Crippen molar-refractivity contribution in [1.82, 2.24) is 0 Å². The molecule has 0 fully saturated rings. The molecule has 0 aliphatic heterocycles. The Morgan fingerprint density at radius 1 is 1.31 bits per heavy atom. The Morgan fingerprint density at radius 2 is 2.00 bits per heavy atom. The van der Waals surface area contributed by atoms with Gasteiger partial charge < -0.3 is 9.52 Å². The summed E-state index contributed by atoms with van der Waals surface area (Å²) in [6, 6.07) is 6.89. The lowest BCUT2D eigenvalue weighted by Crippen LogP contribution is -2.08. The van der Waals surface area contributed by atoms with Gasteiger partial charge in [-0.1, -0.05) is 26.8 Å². The van der Waals surface area contributed by atoms with E-state index in [1.807, 2.05) is 26.8 Å². The van der Waals surface area contributed by atoms with Crippen molar-refractivity contribution in [2.75, 3.05) is 0 Å². The van der Waals surface area contributed by atoms with E-state index in [1.165, 1.54) is 0 Å². The van der Waals surface area contributed by atoms with Crippen LogP contribution in [0.25, 0.3) is 11.0 Å². The predicted octanol–water partition coefficient (Wildman–Crippen LogP) is 3.43. The molecule has 84 valence electrons. The molecular formula is C13H14O3. The van der Waals surface area contributed by atoms with Gasteiger partial charge >= 0.3 is 5.97 Å². The smallest absolute Gasteiger partial charge is 0.336 e. The lowest BCUT2D eigenvalue weighted by molar-refractivity contribution is 0.0699. The third kappa shape index (κ3) is 1.69. The van der Waals surface area contributed by atoms with Crippen LogP contribution in [0.15, 0.2) is 28.7 Å². The minimum absolute atomic E-state index is 0.116. The first-order valence-corrected chi connectivity index (χ1v) is 5.16. The number of rotatable bonds is 1. The molecule has 1 N–H and O–H groups in total. The molecule has 0 saturated heterocycles. The van der Waals surface area contributed by atoms with Crippen molar-refractivity contribution in [3.63, 3.8) is 0 Å². The molecule has 1 aromatic carbocycles. The average molecular weight is 218 g/mol. The first-order valence-electron chi connectivity index (χ1n) is 5.16. The largest absolute Gasteiger partial charge is 0.478 e. The normalized spacial score (nSPS) is 11.9. The van der Waals surface area contributed by atoms with Gasteiger partial charge in [-0.15, -0.1) is 0 Å². The highest BCUT2D eigenvalue weighted by molar-refractivity contribution is 6.02. The molecule has 1 heterocycles. The third-order valence-electron chi connectivity index (χ3n) is 2.53. The molecule has 0 unspecified atom stereocenters. The summed E-state index contributed by atoms with van der Waals surface area (Å²) >= 11 is 0. The summed E-state index contributed by atoms with van der Waals surface area (Å²) in [5.41, 5.74) is 0.802. The Kier molecular flexibility index (Phi) is 2.26. The van der Waals surface area contributed by atoms with Crippen LogP contribution >= 0.6 is 0 Å². The number of furan rings is 1. The SMILES string of the molecule is CC(C)(C)c1cc2c(C(=O)O)cccc2o1. The summed E-state index contributed by atoms with van der Waals surface area (Å²) in [5.74, 6) is -0.122. The van der Waals surface area contributed by atoms with Crippen molar-refractivity contribution in [3.8, 4) is 0 Å². The highest BCUT2D eigenvalue weighted by atomic mass is 16.4. The fourth-order valence-electron chi connectivity index (χ4n) is 1.62. The fraction of sp³-hybridized carbons (Fsp3) is 0.308. The van der Waals surface area contributed by atoms with Crippen molar-refractivity contribution in [3.05, 3.63) is 35.6 Å². The zero-order valence-electron chi connectivity index (χ0n) is 9.57. The van der Waals surface area contributed by atoms with Gasteiger partial charge in [-0.05, 0) is 18.2 Å². The van der Waals surface area contributed by atoms with E-state index < -0.39 is 5.97 Å². The molecule has 2 aromatic rings. The Morgan fingerprint density at radius 3 is 2.56 bits per heavy atom. The third-order valence-corrected chi connectivity index (χ3v) is 2.53. The molecule has 16 heavy (non-hydrogen) atoms. The van der Waals surface area contributed by atoms with Crippen molar-refractivity contribution in [2.45, 2.75) is 26.2 Å². The highest BCUT2D eigenvalue weighted by Crippen LogP contribution is 2.30. The van der Waals surface area contributed by atoms with Crippen molar-refractivity contribution >= 4 is 16.9 Å². The molecule has 3 heteroatoms. The standard InChI is InChI=1S/C13H14O3/c1-13(2,3)11-7-9-8(12(14)15)5-4-6-10(9)16-11/h4-7H,1-3H3,(H,14,15). The van der Waals surface area contributed by atoms with Gasteiger partial charge in [-0.3, -0.25) is 0 Å². The lowest BCUT2D eigenvalue weighted by Gasteiger charge is -2.13. The van der Waals surface area contributed by atoms with E-state index in [4.69, 9.17) is 9.52 Å². The maximum Gasteiger partial charge on any atom is 0.336 e. The maximum atomic E-state index is 11.0. The molecular weight excluding hydrogens is 204 g/mol. The van der Waals surface area contributed by atoms with Crippen LogP contribution in [-0.4, -0.2) is 11.1 Å². The number of carbonyl (C=O) groups is 1. The van der Waals surface area contributed by atoms with E-state index in [9.17, 15) is 4.79 Å². The Balaban J connectivity index is 2.71. The average Bonchev–Trinajstić information content (AvgIpc) is 2.59. The molecule has 0 bridgehead atoms. The molecule has 0 amide bonds. The van der Waals surface area contributed by atoms with E-state index in [-0.39, 0.29) is 11.0 Å². The second-order valence-corrected chi connectivity index (χ2v) is 4.88. The summed E-state index contributed by atoms with van der Waals surface area (Å²) in [5, 5.41) is 9.72. The summed E-state index contributed by atoms with van der Waals surface area (Å²) in [6.45, 7) is 6.10. The van der Waals surface area contributed by atoms with Gasteiger partial charge in [0.15, 0.2) is 0 Å². The van der Waals surface area contributed by atoms with E-state index in [1.54, 1.807) is 18.2 Å². The Hall–Kier alpha value is -1.77. The molecule has 1 aromatic heterocycles. The first kappa shape index (κ1) is 10.7. The van der Waals surface area contributed by atoms with Crippen molar-refractivity contribution < 1.29 is 14.3 Å². The number of aromatic carboxylic acids is 1. The number of benzene rings is 1. The fourth-order valence-corrected chi connectivity index (χ4v) is 1.62. The van der Waals surface area contributed by atoms with Gasteiger partial charge in [0.2, 0.25) is 0 Å². The molecule has 3 nitrogen and oxygen atoms in total. The molecule has 0 aliphatic rings. The van der Waals surface area contributed by atoms with Crippen molar-refractivity contribution in [2.24, 2.45) is 0 Å². The van der Waals surface area contributed by atoms with Crippen LogP contribution in [0.3, 0.4) is 0 Å². The number of hydrogen-bond donors (Lipinski definition) is 1. The zero-order valence-corrected chi connectivity index (χ0v) is 9.57. The number of carboxylic acid groups (broad SMARTS) is 1. The molecule has 0 radical (unpaired) electrons. The topological polar surface area (TPSA) is 50.4 Å². The zero-order chi connectivity index (χ0) is 11.9.